The standard InChI is InChI=1S/2C14H16.C10H20.C10H14.C9H14/c1-14(2,3)13-10-6-8-11-7-4-5-9-12(11)13;1-14(2,3)13-9-8-11-6-4-5-7-12(11)10-13;2*1-10(2,3)9-7-5-4-6-8-9;1-9(2,3)8-6-4-5-7-8/h2*4-10H,1-3H3;9H,4-8H2,1-3H3;4-8H,1-3H3;4-6H,7H2,1-3H3. The normalized spacial score (nSPS) is 14.8. The third kappa shape index (κ3) is 16.1. The van der Waals surface area contributed by atoms with Gasteiger partial charge < -0.3 is 0 Å². The van der Waals surface area contributed by atoms with E-state index in [2.05, 4.69) is 237 Å². The fraction of sp³-hybridized carbons (Fsp3) is 0.474. The highest BCUT2D eigenvalue weighted by molar-refractivity contribution is 5.86. The molecular formula is C57H80. The number of benzene rings is 5. The van der Waals surface area contributed by atoms with Gasteiger partial charge in [0.2, 0.25) is 0 Å². The van der Waals surface area contributed by atoms with E-state index >= 15 is 0 Å². The molecule has 0 aromatic heterocycles. The number of hydrogen-bond acceptors (Lipinski definition) is 0. The molecule has 7 rings (SSSR count). The Balaban J connectivity index is 0.000000193. The van der Waals surface area contributed by atoms with Gasteiger partial charge in [0.25, 0.3) is 0 Å². The van der Waals surface area contributed by atoms with Gasteiger partial charge in [0, 0.05) is 0 Å². The van der Waals surface area contributed by atoms with E-state index in [1.807, 2.05) is 0 Å². The largest absolute Gasteiger partial charge is 0.0804 e. The zero-order valence-corrected chi connectivity index (χ0v) is 39.0. The minimum Gasteiger partial charge on any atom is -0.0804 e. The van der Waals surface area contributed by atoms with Gasteiger partial charge in [0.05, 0.1) is 0 Å². The molecule has 308 valence electrons. The second-order valence-corrected chi connectivity index (χ2v) is 21.5. The molecule has 57 heavy (non-hydrogen) atoms. The first-order chi connectivity index (χ1) is 26.5. The maximum absolute atomic E-state index is 2.38. The first kappa shape index (κ1) is 47.5. The van der Waals surface area contributed by atoms with Gasteiger partial charge in [-0.15, -0.1) is 0 Å². The van der Waals surface area contributed by atoms with Crippen molar-refractivity contribution in [1.29, 1.82) is 0 Å². The van der Waals surface area contributed by atoms with Gasteiger partial charge in [-0.3, -0.25) is 0 Å². The van der Waals surface area contributed by atoms with Crippen molar-refractivity contribution in [2.75, 3.05) is 0 Å². The SMILES string of the molecule is CC(C)(C)C1=CC=CC1.CC(C)(C)C1CCCCC1.CC(C)(C)c1ccc2ccccc2c1.CC(C)(C)c1cccc2ccccc12.CC(C)(C)c1ccccc1. The molecule has 5 aromatic carbocycles. The van der Waals surface area contributed by atoms with Crippen LogP contribution in [-0.2, 0) is 16.2 Å². The van der Waals surface area contributed by atoms with Crippen molar-refractivity contribution in [2.24, 2.45) is 16.7 Å². The molecule has 0 N–H and O–H groups in total. The van der Waals surface area contributed by atoms with Crippen LogP contribution in [0.1, 0.15) is 159 Å². The molecule has 0 heterocycles. The van der Waals surface area contributed by atoms with E-state index in [4.69, 9.17) is 0 Å². The maximum atomic E-state index is 2.38. The molecule has 0 amide bonds. The van der Waals surface area contributed by atoms with Crippen LogP contribution < -0.4 is 0 Å². The lowest BCUT2D eigenvalue weighted by atomic mass is 9.72. The van der Waals surface area contributed by atoms with Crippen molar-refractivity contribution in [2.45, 2.75) is 159 Å². The quantitative estimate of drug-likeness (QED) is 0.147. The minimum atomic E-state index is 0.223. The molecule has 0 aliphatic heterocycles. The molecule has 0 atom stereocenters. The highest BCUT2D eigenvalue weighted by Crippen LogP contribution is 2.37. The average Bonchev–Trinajstić information content (AvgIpc) is 3.72. The lowest BCUT2D eigenvalue weighted by Gasteiger charge is -2.33. The van der Waals surface area contributed by atoms with Crippen LogP contribution in [0, 0.1) is 16.7 Å². The van der Waals surface area contributed by atoms with E-state index in [1.165, 1.54) is 70.3 Å². The lowest BCUT2D eigenvalue weighted by molar-refractivity contribution is 0.180. The summed E-state index contributed by atoms with van der Waals surface area (Å²) in [4.78, 5) is 0. The van der Waals surface area contributed by atoms with E-state index in [9.17, 15) is 0 Å². The van der Waals surface area contributed by atoms with Gasteiger partial charge >= 0.3 is 0 Å². The summed E-state index contributed by atoms with van der Waals surface area (Å²) < 4.78 is 0. The summed E-state index contributed by atoms with van der Waals surface area (Å²) in [6.45, 7) is 34.1. The summed E-state index contributed by atoms with van der Waals surface area (Å²) >= 11 is 0. The molecule has 0 unspecified atom stereocenters. The molecule has 1 fully saturated rings. The van der Waals surface area contributed by atoms with E-state index in [1.54, 1.807) is 5.57 Å². The minimum absolute atomic E-state index is 0.223. The molecule has 5 aromatic rings. The molecule has 0 heteroatoms. The number of hydrogen-bond donors (Lipinski definition) is 0. The van der Waals surface area contributed by atoms with Gasteiger partial charge in [0.15, 0.2) is 0 Å². The van der Waals surface area contributed by atoms with Gasteiger partial charge in [-0.2, -0.15) is 0 Å². The molecule has 0 bridgehead atoms. The van der Waals surface area contributed by atoms with E-state index in [0.717, 1.165) is 12.3 Å². The Kier molecular flexibility index (Phi) is 17.2. The third-order valence-electron chi connectivity index (χ3n) is 11.4. The van der Waals surface area contributed by atoms with Crippen molar-refractivity contribution in [3.63, 3.8) is 0 Å². The van der Waals surface area contributed by atoms with E-state index in [-0.39, 0.29) is 10.8 Å². The van der Waals surface area contributed by atoms with Gasteiger partial charge in [-0.05, 0) is 90.5 Å². The van der Waals surface area contributed by atoms with Crippen molar-refractivity contribution in [1.82, 2.24) is 0 Å². The molecule has 2 aliphatic carbocycles. The maximum Gasteiger partial charge on any atom is -0.0126 e. The number of allylic oxidation sites excluding steroid dienone is 4. The average molecular weight is 765 g/mol. The summed E-state index contributed by atoms with van der Waals surface area (Å²) in [6.07, 6.45) is 15.1. The fourth-order valence-corrected chi connectivity index (χ4v) is 7.45. The van der Waals surface area contributed by atoms with Gasteiger partial charge in [-0.1, -0.05) is 262 Å². The summed E-state index contributed by atoms with van der Waals surface area (Å²) in [6, 6.07) is 40.9. The van der Waals surface area contributed by atoms with Crippen molar-refractivity contribution in [3.05, 3.63) is 156 Å². The van der Waals surface area contributed by atoms with Crippen LogP contribution in [0.15, 0.2) is 139 Å². The third-order valence-corrected chi connectivity index (χ3v) is 11.4. The predicted molar refractivity (Wildman–Crippen MR) is 258 cm³/mol. The molecule has 1 saturated carbocycles. The number of rotatable bonds is 0. The van der Waals surface area contributed by atoms with Crippen LogP contribution in [0.2, 0.25) is 0 Å². The van der Waals surface area contributed by atoms with Crippen LogP contribution in [0.5, 0.6) is 0 Å². The van der Waals surface area contributed by atoms with Crippen molar-refractivity contribution < 1.29 is 0 Å². The fourth-order valence-electron chi connectivity index (χ4n) is 7.45. The Hall–Kier alpha value is -3.90. The first-order valence-corrected chi connectivity index (χ1v) is 21.9. The monoisotopic (exact) mass is 765 g/mol. The zero-order chi connectivity index (χ0) is 42.5. The zero-order valence-electron chi connectivity index (χ0n) is 39.0. The summed E-state index contributed by atoms with van der Waals surface area (Å²) in [5.74, 6) is 1.00. The smallest absolute Gasteiger partial charge is 0.0126 e. The highest BCUT2D eigenvalue weighted by Gasteiger charge is 2.25. The van der Waals surface area contributed by atoms with Gasteiger partial charge in [0.1, 0.15) is 0 Å². The van der Waals surface area contributed by atoms with Crippen LogP contribution in [0.4, 0.5) is 0 Å². The predicted octanol–water partition coefficient (Wildman–Crippen LogP) is 17.8. The molecule has 2 aliphatic rings. The topological polar surface area (TPSA) is 0 Å². The Morgan fingerprint density at radius 1 is 0.421 bits per heavy atom. The summed E-state index contributed by atoms with van der Waals surface area (Å²) in [7, 11) is 0. The van der Waals surface area contributed by atoms with E-state index < -0.39 is 0 Å². The Morgan fingerprint density at radius 3 is 1.40 bits per heavy atom. The summed E-state index contributed by atoms with van der Waals surface area (Å²) in [5, 5.41) is 5.36. The Morgan fingerprint density at radius 2 is 0.947 bits per heavy atom. The lowest BCUT2D eigenvalue weighted by Crippen LogP contribution is -2.22. The molecule has 0 nitrogen and oxygen atoms in total. The van der Waals surface area contributed by atoms with Crippen LogP contribution >= 0.6 is 0 Å². The number of fused-ring (bicyclic) bond motifs is 2. The van der Waals surface area contributed by atoms with Crippen LogP contribution in [0.3, 0.4) is 0 Å². The first-order valence-electron chi connectivity index (χ1n) is 21.9. The van der Waals surface area contributed by atoms with E-state index in [0.29, 0.717) is 16.2 Å². The molecule has 0 radical (unpaired) electrons. The van der Waals surface area contributed by atoms with Crippen LogP contribution in [0.25, 0.3) is 21.5 Å². The Labute approximate surface area is 351 Å². The van der Waals surface area contributed by atoms with Crippen molar-refractivity contribution in [3.8, 4) is 0 Å². The summed E-state index contributed by atoms with van der Waals surface area (Å²) in [5.41, 5.74) is 7.47. The highest BCUT2D eigenvalue weighted by atomic mass is 14.3. The van der Waals surface area contributed by atoms with Crippen LogP contribution in [-0.4, -0.2) is 0 Å². The molecule has 0 spiro atoms. The second-order valence-electron chi connectivity index (χ2n) is 21.5. The van der Waals surface area contributed by atoms with Crippen molar-refractivity contribution >= 4 is 21.5 Å². The Bertz CT molecular complexity index is 1960. The second kappa shape index (κ2) is 20.7. The molecule has 0 saturated heterocycles. The molecular weight excluding hydrogens is 685 g/mol. The van der Waals surface area contributed by atoms with Gasteiger partial charge in [-0.25, -0.2) is 0 Å².